The molecule has 1 amide bonds. The van der Waals surface area contributed by atoms with Gasteiger partial charge in [0.15, 0.2) is 0 Å². The van der Waals surface area contributed by atoms with Crippen molar-refractivity contribution >= 4 is 5.91 Å². The van der Waals surface area contributed by atoms with Crippen LogP contribution >= 0.6 is 0 Å². The van der Waals surface area contributed by atoms with Crippen molar-refractivity contribution in [1.29, 1.82) is 0 Å². The summed E-state index contributed by atoms with van der Waals surface area (Å²) in [5, 5.41) is 0. The van der Waals surface area contributed by atoms with Gasteiger partial charge >= 0.3 is 0 Å². The Morgan fingerprint density at radius 2 is 1.65 bits per heavy atom. The smallest absolute Gasteiger partial charge is 0.240 e. The molecule has 0 aromatic heterocycles. The second-order valence-electron chi connectivity index (χ2n) is 5.90. The molecule has 0 aliphatic heterocycles. The lowest BCUT2D eigenvalue weighted by atomic mass is 9.86. The molecule has 0 aliphatic carbocycles. The minimum atomic E-state index is -0.406. The minimum absolute atomic E-state index is 0.0897. The lowest BCUT2D eigenvalue weighted by molar-refractivity contribution is -0.135. The monoisotopic (exact) mass is 242 g/mol. The maximum atomic E-state index is 12.3. The zero-order valence-electron chi connectivity index (χ0n) is 12.4. The summed E-state index contributed by atoms with van der Waals surface area (Å²) in [6.45, 7) is 14.0. The lowest BCUT2D eigenvalue weighted by Crippen LogP contribution is -2.51. The molecule has 2 N–H and O–H groups in total. The predicted octanol–water partition coefficient (Wildman–Crippen LogP) is 2.64. The quantitative estimate of drug-likeness (QED) is 0.778. The molecule has 0 saturated carbocycles. The van der Waals surface area contributed by atoms with Gasteiger partial charge in [-0.25, -0.2) is 0 Å². The van der Waals surface area contributed by atoms with Gasteiger partial charge in [0.05, 0.1) is 6.04 Å². The Morgan fingerprint density at radius 3 is 1.94 bits per heavy atom. The van der Waals surface area contributed by atoms with E-state index >= 15 is 0 Å². The number of rotatable bonds is 6. The van der Waals surface area contributed by atoms with E-state index in [2.05, 4.69) is 13.8 Å². The largest absolute Gasteiger partial charge is 0.341 e. The van der Waals surface area contributed by atoms with Crippen molar-refractivity contribution < 1.29 is 4.79 Å². The molecule has 1 atom stereocenters. The summed E-state index contributed by atoms with van der Waals surface area (Å²) in [4.78, 5) is 14.2. The van der Waals surface area contributed by atoms with Crippen LogP contribution in [0.2, 0.25) is 0 Å². The topological polar surface area (TPSA) is 46.3 Å². The van der Waals surface area contributed by atoms with Crippen LogP contribution in [-0.4, -0.2) is 29.9 Å². The highest BCUT2D eigenvalue weighted by Gasteiger charge is 2.30. The fourth-order valence-corrected chi connectivity index (χ4v) is 1.80. The number of nitrogens with two attached hydrogens (primary N) is 1. The first-order valence-corrected chi connectivity index (χ1v) is 6.82. The first kappa shape index (κ1) is 16.4. The molecule has 0 unspecified atom stereocenters. The van der Waals surface area contributed by atoms with Crippen LogP contribution in [0, 0.1) is 11.3 Å². The van der Waals surface area contributed by atoms with Crippen LogP contribution in [0.3, 0.4) is 0 Å². The molecule has 3 heteroatoms. The summed E-state index contributed by atoms with van der Waals surface area (Å²) in [5.41, 5.74) is 5.87. The van der Waals surface area contributed by atoms with Crippen LogP contribution in [0.5, 0.6) is 0 Å². The Labute approximate surface area is 107 Å². The normalized spacial score (nSPS) is 13.9. The molecule has 0 fully saturated rings. The van der Waals surface area contributed by atoms with E-state index in [1.807, 2.05) is 32.6 Å². The van der Waals surface area contributed by atoms with Crippen molar-refractivity contribution in [2.45, 2.75) is 60.4 Å². The summed E-state index contributed by atoms with van der Waals surface area (Å²) in [6, 6.07) is -0.406. The number of carbonyl (C=O) groups is 1. The summed E-state index contributed by atoms with van der Waals surface area (Å²) < 4.78 is 0. The molecule has 3 nitrogen and oxygen atoms in total. The summed E-state index contributed by atoms with van der Waals surface area (Å²) in [7, 11) is 0. The lowest BCUT2D eigenvalue weighted by Gasteiger charge is -2.33. The minimum Gasteiger partial charge on any atom is -0.341 e. The maximum absolute atomic E-state index is 12.3. The maximum Gasteiger partial charge on any atom is 0.240 e. The van der Waals surface area contributed by atoms with E-state index in [9.17, 15) is 4.79 Å². The van der Waals surface area contributed by atoms with Crippen molar-refractivity contribution in [1.82, 2.24) is 4.90 Å². The molecule has 0 heterocycles. The van der Waals surface area contributed by atoms with E-state index in [0.717, 1.165) is 25.9 Å². The van der Waals surface area contributed by atoms with Crippen molar-refractivity contribution in [3.63, 3.8) is 0 Å². The van der Waals surface area contributed by atoms with E-state index in [0.29, 0.717) is 5.92 Å². The van der Waals surface area contributed by atoms with Gasteiger partial charge in [-0.2, -0.15) is 0 Å². The SMILES string of the molecule is CCC(CC)CN(CC)C(=O)[C@H](N)C(C)(C)C. The van der Waals surface area contributed by atoms with Gasteiger partial charge in [-0.3, -0.25) is 4.79 Å². The summed E-state index contributed by atoms with van der Waals surface area (Å²) >= 11 is 0. The number of hydrogen-bond donors (Lipinski definition) is 1. The second kappa shape index (κ2) is 7.00. The second-order valence-corrected chi connectivity index (χ2v) is 5.90. The average molecular weight is 242 g/mol. The van der Waals surface area contributed by atoms with Crippen LogP contribution in [0.25, 0.3) is 0 Å². The van der Waals surface area contributed by atoms with Crippen molar-refractivity contribution in [2.24, 2.45) is 17.1 Å². The average Bonchev–Trinajstić information content (AvgIpc) is 2.28. The van der Waals surface area contributed by atoms with Gasteiger partial charge in [-0.05, 0) is 18.3 Å². The third-order valence-corrected chi connectivity index (χ3v) is 3.53. The Kier molecular flexibility index (Phi) is 6.76. The standard InChI is InChI=1S/C14H30N2O/c1-7-11(8-2)10-16(9-3)13(17)12(15)14(4,5)6/h11-12H,7-10,15H2,1-6H3/t12-/m0/s1. The van der Waals surface area contributed by atoms with Crippen molar-refractivity contribution in [3.05, 3.63) is 0 Å². The molecular weight excluding hydrogens is 212 g/mol. The number of nitrogens with zero attached hydrogens (tertiary/aromatic N) is 1. The van der Waals surface area contributed by atoms with Crippen LogP contribution in [0.15, 0.2) is 0 Å². The molecule has 17 heavy (non-hydrogen) atoms. The zero-order valence-corrected chi connectivity index (χ0v) is 12.4. The molecular formula is C14H30N2O. The molecule has 0 radical (unpaired) electrons. The van der Waals surface area contributed by atoms with Gasteiger partial charge in [0.1, 0.15) is 0 Å². The molecule has 0 rings (SSSR count). The van der Waals surface area contributed by atoms with E-state index < -0.39 is 6.04 Å². The van der Waals surface area contributed by atoms with Crippen LogP contribution in [0.1, 0.15) is 54.4 Å². The number of amides is 1. The zero-order chi connectivity index (χ0) is 13.6. The molecule has 0 bridgehead atoms. The van der Waals surface area contributed by atoms with Crippen molar-refractivity contribution in [3.8, 4) is 0 Å². The van der Waals surface area contributed by atoms with E-state index in [4.69, 9.17) is 5.73 Å². The fourth-order valence-electron chi connectivity index (χ4n) is 1.80. The summed E-state index contributed by atoms with van der Waals surface area (Å²) in [5.74, 6) is 0.679. The van der Waals surface area contributed by atoms with Crippen LogP contribution in [-0.2, 0) is 4.79 Å². The molecule has 0 aromatic carbocycles. The Hall–Kier alpha value is -0.570. The molecule has 0 spiro atoms. The molecule has 102 valence electrons. The molecule has 0 aromatic rings. The van der Waals surface area contributed by atoms with Gasteiger partial charge < -0.3 is 10.6 Å². The third kappa shape index (κ3) is 5.07. The van der Waals surface area contributed by atoms with E-state index in [1.165, 1.54) is 0 Å². The Morgan fingerprint density at radius 1 is 1.18 bits per heavy atom. The van der Waals surface area contributed by atoms with Gasteiger partial charge in [0.2, 0.25) is 5.91 Å². The van der Waals surface area contributed by atoms with Crippen LogP contribution < -0.4 is 5.73 Å². The third-order valence-electron chi connectivity index (χ3n) is 3.53. The first-order valence-electron chi connectivity index (χ1n) is 6.82. The number of likely N-dealkylation sites (N-methyl/N-ethyl adjacent to an activating group) is 1. The van der Waals surface area contributed by atoms with Gasteiger partial charge in [0.25, 0.3) is 0 Å². The highest BCUT2D eigenvalue weighted by Crippen LogP contribution is 2.20. The van der Waals surface area contributed by atoms with E-state index in [-0.39, 0.29) is 11.3 Å². The van der Waals surface area contributed by atoms with Crippen LogP contribution in [0.4, 0.5) is 0 Å². The van der Waals surface area contributed by atoms with Gasteiger partial charge in [-0.1, -0.05) is 47.5 Å². The predicted molar refractivity (Wildman–Crippen MR) is 73.8 cm³/mol. The molecule has 0 saturated heterocycles. The number of hydrogen-bond acceptors (Lipinski definition) is 2. The molecule has 0 aliphatic rings. The van der Waals surface area contributed by atoms with Gasteiger partial charge in [-0.15, -0.1) is 0 Å². The first-order chi connectivity index (χ1) is 7.77. The highest BCUT2D eigenvalue weighted by molar-refractivity contribution is 5.82. The highest BCUT2D eigenvalue weighted by atomic mass is 16.2. The number of carbonyl (C=O) groups excluding carboxylic acids is 1. The van der Waals surface area contributed by atoms with Crippen molar-refractivity contribution in [2.75, 3.05) is 13.1 Å². The Balaban J connectivity index is 4.61. The van der Waals surface area contributed by atoms with E-state index in [1.54, 1.807) is 0 Å². The summed E-state index contributed by atoms with van der Waals surface area (Å²) in [6.07, 6.45) is 2.23. The van der Waals surface area contributed by atoms with Gasteiger partial charge in [0, 0.05) is 13.1 Å². The Bertz CT molecular complexity index is 229. The fraction of sp³-hybridized carbons (Fsp3) is 0.929.